The Morgan fingerprint density at radius 1 is 1.11 bits per heavy atom. The van der Waals surface area contributed by atoms with E-state index in [-0.39, 0.29) is 0 Å². The molecule has 1 heterocycles. The second-order valence-electron chi connectivity index (χ2n) is 4.59. The van der Waals surface area contributed by atoms with Gasteiger partial charge in [-0.25, -0.2) is 0 Å². The van der Waals surface area contributed by atoms with Crippen molar-refractivity contribution < 1.29 is 4.52 Å². The minimum Gasteiger partial charge on any atom is -0.361 e. The SMILES string of the molecule is CCN(Cc1ccccc1)Cc1c(C)noc1C. The second-order valence-corrected chi connectivity index (χ2v) is 4.59. The minimum atomic E-state index is 0.895. The van der Waals surface area contributed by atoms with Crippen LogP contribution in [0.15, 0.2) is 34.9 Å². The molecule has 0 amide bonds. The number of hydrogen-bond donors (Lipinski definition) is 0. The summed E-state index contributed by atoms with van der Waals surface area (Å²) in [6.45, 7) is 9.03. The van der Waals surface area contributed by atoms with Gasteiger partial charge in [-0.1, -0.05) is 42.4 Å². The van der Waals surface area contributed by atoms with Gasteiger partial charge in [0.25, 0.3) is 0 Å². The third-order valence-electron chi connectivity index (χ3n) is 3.26. The van der Waals surface area contributed by atoms with E-state index in [1.54, 1.807) is 0 Å². The summed E-state index contributed by atoms with van der Waals surface area (Å²) < 4.78 is 5.21. The smallest absolute Gasteiger partial charge is 0.138 e. The molecule has 3 nitrogen and oxygen atoms in total. The molecule has 3 heteroatoms. The van der Waals surface area contributed by atoms with Crippen LogP contribution in [0, 0.1) is 13.8 Å². The fourth-order valence-corrected chi connectivity index (χ4v) is 2.07. The normalized spacial score (nSPS) is 11.1. The van der Waals surface area contributed by atoms with Crippen molar-refractivity contribution >= 4 is 0 Å². The Morgan fingerprint density at radius 2 is 1.83 bits per heavy atom. The molecule has 0 fully saturated rings. The zero-order valence-electron chi connectivity index (χ0n) is 11.3. The number of benzene rings is 1. The highest BCUT2D eigenvalue weighted by molar-refractivity contribution is 5.21. The minimum absolute atomic E-state index is 0.895. The first-order valence-corrected chi connectivity index (χ1v) is 6.38. The monoisotopic (exact) mass is 244 g/mol. The van der Waals surface area contributed by atoms with Crippen LogP contribution in [0.5, 0.6) is 0 Å². The van der Waals surface area contributed by atoms with E-state index in [1.807, 2.05) is 19.9 Å². The van der Waals surface area contributed by atoms with E-state index in [4.69, 9.17) is 4.52 Å². The molecule has 0 radical (unpaired) electrons. The fraction of sp³-hybridized carbons (Fsp3) is 0.400. The molecular formula is C15H20N2O. The third-order valence-corrected chi connectivity index (χ3v) is 3.26. The maximum absolute atomic E-state index is 5.21. The zero-order chi connectivity index (χ0) is 13.0. The number of rotatable bonds is 5. The van der Waals surface area contributed by atoms with Crippen LogP contribution < -0.4 is 0 Å². The molecule has 1 aromatic heterocycles. The average Bonchev–Trinajstić information content (AvgIpc) is 2.70. The Balaban J connectivity index is 2.06. The van der Waals surface area contributed by atoms with Gasteiger partial charge in [0, 0.05) is 18.7 Å². The van der Waals surface area contributed by atoms with E-state index in [2.05, 4.69) is 41.2 Å². The maximum atomic E-state index is 5.21. The Hall–Kier alpha value is -1.61. The molecule has 0 bridgehead atoms. The lowest BCUT2D eigenvalue weighted by molar-refractivity contribution is 0.269. The van der Waals surface area contributed by atoms with Gasteiger partial charge in [0.15, 0.2) is 0 Å². The predicted octanol–water partition coefficient (Wildman–Crippen LogP) is 3.31. The number of hydrogen-bond acceptors (Lipinski definition) is 3. The summed E-state index contributed by atoms with van der Waals surface area (Å²) in [5.74, 6) is 0.930. The van der Waals surface area contributed by atoms with Gasteiger partial charge in [0.05, 0.1) is 5.69 Å². The van der Waals surface area contributed by atoms with Gasteiger partial charge >= 0.3 is 0 Å². The largest absolute Gasteiger partial charge is 0.361 e. The summed E-state index contributed by atoms with van der Waals surface area (Å²) in [5.41, 5.74) is 3.55. The van der Waals surface area contributed by atoms with Crippen molar-refractivity contribution in [3.63, 3.8) is 0 Å². The van der Waals surface area contributed by atoms with Gasteiger partial charge < -0.3 is 4.52 Å². The van der Waals surface area contributed by atoms with Crippen LogP contribution in [-0.4, -0.2) is 16.6 Å². The van der Waals surface area contributed by atoms with E-state index in [1.165, 1.54) is 11.1 Å². The zero-order valence-corrected chi connectivity index (χ0v) is 11.3. The van der Waals surface area contributed by atoms with Crippen molar-refractivity contribution in [3.8, 4) is 0 Å². The molecule has 2 rings (SSSR count). The Labute approximate surface area is 108 Å². The van der Waals surface area contributed by atoms with Crippen molar-refractivity contribution in [2.45, 2.75) is 33.9 Å². The standard InChI is InChI=1S/C15H20N2O/c1-4-17(10-14-8-6-5-7-9-14)11-15-12(2)16-18-13(15)3/h5-9H,4,10-11H2,1-3H3. The summed E-state index contributed by atoms with van der Waals surface area (Å²) >= 11 is 0. The molecule has 0 atom stereocenters. The molecule has 0 aliphatic heterocycles. The first-order valence-electron chi connectivity index (χ1n) is 6.38. The highest BCUT2D eigenvalue weighted by atomic mass is 16.5. The summed E-state index contributed by atoms with van der Waals surface area (Å²) in [4.78, 5) is 2.39. The van der Waals surface area contributed by atoms with E-state index < -0.39 is 0 Å². The third kappa shape index (κ3) is 2.99. The number of aryl methyl sites for hydroxylation is 2. The Kier molecular flexibility index (Phi) is 4.15. The van der Waals surface area contributed by atoms with Gasteiger partial charge in [0.2, 0.25) is 0 Å². The fourth-order valence-electron chi connectivity index (χ4n) is 2.07. The Bertz CT molecular complexity index is 471. The van der Waals surface area contributed by atoms with Crippen molar-refractivity contribution in [2.24, 2.45) is 0 Å². The maximum Gasteiger partial charge on any atom is 0.138 e. The average molecular weight is 244 g/mol. The molecule has 2 aromatic rings. The lowest BCUT2D eigenvalue weighted by Gasteiger charge is -2.20. The second kappa shape index (κ2) is 5.83. The van der Waals surface area contributed by atoms with Crippen molar-refractivity contribution in [3.05, 3.63) is 52.9 Å². The molecule has 96 valence electrons. The molecule has 0 unspecified atom stereocenters. The molecule has 0 N–H and O–H groups in total. The van der Waals surface area contributed by atoms with Crippen molar-refractivity contribution in [1.29, 1.82) is 0 Å². The van der Waals surface area contributed by atoms with E-state index in [9.17, 15) is 0 Å². The highest BCUT2D eigenvalue weighted by Crippen LogP contribution is 2.16. The van der Waals surface area contributed by atoms with Gasteiger partial charge in [-0.15, -0.1) is 0 Å². The first-order chi connectivity index (χ1) is 8.70. The molecular weight excluding hydrogens is 224 g/mol. The lowest BCUT2D eigenvalue weighted by Crippen LogP contribution is -2.22. The first kappa shape index (κ1) is 12.8. The highest BCUT2D eigenvalue weighted by Gasteiger charge is 2.12. The van der Waals surface area contributed by atoms with E-state index in [0.29, 0.717) is 0 Å². The molecule has 0 spiro atoms. The summed E-state index contributed by atoms with van der Waals surface area (Å²) in [5, 5.41) is 4.01. The molecule has 0 aliphatic rings. The molecule has 18 heavy (non-hydrogen) atoms. The van der Waals surface area contributed by atoms with Crippen LogP contribution in [0.25, 0.3) is 0 Å². The van der Waals surface area contributed by atoms with Crippen LogP contribution in [0.4, 0.5) is 0 Å². The van der Waals surface area contributed by atoms with Crippen molar-refractivity contribution in [2.75, 3.05) is 6.54 Å². The molecule has 0 aliphatic carbocycles. The quantitative estimate of drug-likeness (QED) is 0.808. The summed E-state index contributed by atoms with van der Waals surface area (Å²) in [6.07, 6.45) is 0. The summed E-state index contributed by atoms with van der Waals surface area (Å²) in [7, 11) is 0. The van der Waals surface area contributed by atoms with Gasteiger partial charge in [-0.2, -0.15) is 0 Å². The van der Waals surface area contributed by atoms with Gasteiger partial charge in [0.1, 0.15) is 5.76 Å². The number of nitrogens with zero attached hydrogens (tertiary/aromatic N) is 2. The molecule has 0 saturated carbocycles. The van der Waals surface area contributed by atoms with Gasteiger partial charge in [-0.3, -0.25) is 4.90 Å². The Morgan fingerprint density at radius 3 is 2.39 bits per heavy atom. The van der Waals surface area contributed by atoms with Gasteiger partial charge in [-0.05, 0) is 26.0 Å². The topological polar surface area (TPSA) is 29.3 Å². The van der Waals surface area contributed by atoms with Crippen LogP contribution in [-0.2, 0) is 13.1 Å². The van der Waals surface area contributed by atoms with E-state index in [0.717, 1.165) is 31.1 Å². The summed E-state index contributed by atoms with van der Waals surface area (Å²) in [6, 6.07) is 10.5. The van der Waals surface area contributed by atoms with E-state index >= 15 is 0 Å². The lowest BCUT2D eigenvalue weighted by atomic mass is 10.1. The number of aromatic nitrogens is 1. The predicted molar refractivity (Wildman–Crippen MR) is 72.2 cm³/mol. The molecule has 0 saturated heterocycles. The van der Waals surface area contributed by atoms with Crippen LogP contribution in [0.2, 0.25) is 0 Å². The van der Waals surface area contributed by atoms with Crippen molar-refractivity contribution in [1.82, 2.24) is 10.1 Å². The van der Waals surface area contributed by atoms with Crippen LogP contribution in [0.1, 0.15) is 29.5 Å². The van der Waals surface area contributed by atoms with Crippen LogP contribution in [0.3, 0.4) is 0 Å². The van der Waals surface area contributed by atoms with Crippen LogP contribution >= 0.6 is 0 Å². The molecule has 1 aromatic carbocycles.